The molecule has 0 saturated carbocycles. The smallest absolute Gasteiger partial charge is 0.103 e. The molecule has 0 fully saturated rings. The number of rotatable bonds is 4. The van der Waals surface area contributed by atoms with Crippen molar-refractivity contribution in [1.82, 2.24) is 0 Å². The minimum absolute atomic E-state index is 0.235. The van der Waals surface area contributed by atoms with Crippen molar-refractivity contribution in [2.45, 2.75) is 25.4 Å². The topological polar surface area (TPSA) is 40.5 Å². The summed E-state index contributed by atoms with van der Waals surface area (Å²) >= 11 is 0. The fourth-order valence-electron chi connectivity index (χ4n) is 0.508. The first-order valence-corrected chi connectivity index (χ1v) is 3.42. The van der Waals surface area contributed by atoms with Gasteiger partial charge in [0.15, 0.2) is 0 Å². The molecular weight excluding hydrogens is 128 g/mol. The summed E-state index contributed by atoms with van der Waals surface area (Å²) < 4.78 is 0. The minimum atomic E-state index is -1.06. The molecule has 0 aromatic heterocycles. The molecule has 0 aliphatic heterocycles. The maximum Gasteiger partial charge on any atom is 0.103 e. The second kappa shape index (κ2) is 4.47. The molecular formula is C8H15O2. The third kappa shape index (κ3) is 4.53. The molecule has 0 rings (SSSR count). The van der Waals surface area contributed by atoms with Gasteiger partial charge in [0.1, 0.15) is 5.60 Å². The Labute approximate surface area is 62.2 Å². The molecule has 0 spiro atoms. The summed E-state index contributed by atoms with van der Waals surface area (Å²) in [6.45, 7) is 4.96. The lowest BCUT2D eigenvalue weighted by atomic mass is 10.1. The number of unbranched alkanes of at least 4 members (excludes halogenated alkanes) is 1. The van der Waals surface area contributed by atoms with Crippen molar-refractivity contribution >= 4 is 0 Å². The average molecular weight is 143 g/mol. The number of aliphatic hydroxyl groups excluding tert-OH is 1. The molecule has 2 nitrogen and oxygen atoms in total. The Balaban J connectivity index is 3.63. The van der Waals surface area contributed by atoms with Gasteiger partial charge >= 0.3 is 0 Å². The Bertz CT molecular complexity index is 106. The molecule has 2 N–H and O–H groups in total. The van der Waals surface area contributed by atoms with E-state index in [1.807, 2.05) is 6.08 Å². The second-order valence-corrected chi connectivity index (χ2v) is 2.56. The van der Waals surface area contributed by atoms with Crippen LogP contribution in [0.1, 0.15) is 19.8 Å². The monoisotopic (exact) mass is 143 g/mol. The SMILES string of the molecule is [CH2]CCC=CC(C)(O)CO. The third-order valence-electron chi connectivity index (χ3n) is 1.17. The zero-order valence-electron chi connectivity index (χ0n) is 6.38. The van der Waals surface area contributed by atoms with Crippen LogP contribution < -0.4 is 0 Å². The first kappa shape index (κ1) is 9.66. The van der Waals surface area contributed by atoms with Crippen LogP contribution >= 0.6 is 0 Å². The van der Waals surface area contributed by atoms with Crippen molar-refractivity contribution in [2.24, 2.45) is 0 Å². The first-order valence-electron chi connectivity index (χ1n) is 3.42. The van der Waals surface area contributed by atoms with Gasteiger partial charge in [-0.2, -0.15) is 0 Å². The van der Waals surface area contributed by atoms with Crippen LogP contribution in [0.25, 0.3) is 0 Å². The summed E-state index contributed by atoms with van der Waals surface area (Å²) in [5, 5.41) is 17.8. The summed E-state index contributed by atoms with van der Waals surface area (Å²) in [7, 11) is 0. The molecule has 0 heterocycles. The van der Waals surface area contributed by atoms with E-state index in [9.17, 15) is 5.11 Å². The zero-order chi connectivity index (χ0) is 8.04. The lowest BCUT2D eigenvalue weighted by molar-refractivity contribution is 0.0433. The molecule has 1 atom stereocenters. The molecule has 0 aliphatic carbocycles. The van der Waals surface area contributed by atoms with Crippen molar-refractivity contribution in [3.63, 3.8) is 0 Å². The van der Waals surface area contributed by atoms with Crippen LogP contribution in [-0.4, -0.2) is 22.4 Å². The van der Waals surface area contributed by atoms with Gasteiger partial charge in [-0.1, -0.05) is 19.1 Å². The van der Waals surface area contributed by atoms with Crippen LogP contribution in [0.4, 0.5) is 0 Å². The van der Waals surface area contributed by atoms with E-state index in [-0.39, 0.29) is 6.61 Å². The highest BCUT2D eigenvalue weighted by Gasteiger charge is 2.12. The molecule has 0 bridgehead atoms. The predicted octanol–water partition coefficient (Wildman–Crippen LogP) is 0.900. The van der Waals surface area contributed by atoms with Gasteiger partial charge < -0.3 is 10.2 Å². The molecule has 10 heavy (non-hydrogen) atoms. The van der Waals surface area contributed by atoms with Crippen molar-refractivity contribution in [3.05, 3.63) is 19.1 Å². The summed E-state index contributed by atoms with van der Waals surface area (Å²) in [6.07, 6.45) is 5.08. The molecule has 2 heteroatoms. The van der Waals surface area contributed by atoms with Crippen LogP contribution in [0.15, 0.2) is 12.2 Å². The molecule has 0 aromatic rings. The van der Waals surface area contributed by atoms with E-state index in [1.54, 1.807) is 13.0 Å². The molecule has 0 amide bonds. The number of allylic oxidation sites excluding steroid dienone is 1. The second-order valence-electron chi connectivity index (χ2n) is 2.56. The van der Waals surface area contributed by atoms with Crippen molar-refractivity contribution in [2.75, 3.05) is 6.61 Å². The summed E-state index contributed by atoms with van der Waals surface area (Å²) in [6, 6.07) is 0. The van der Waals surface area contributed by atoms with Gasteiger partial charge in [-0.15, -0.1) is 0 Å². The van der Waals surface area contributed by atoms with E-state index >= 15 is 0 Å². The quantitative estimate of drug-likeness (QED) is 0.574. The van der Waals surface area contributed by atoms with E-state index in [0.29, 0.717) is 0 Å². The Kier molecular flexibility index (Phi) is 4.32. The van der Waals surface area contributed by atoms with Crippen molar-refractivity contribution in [1.29, 1.82) is 0 Å². The van der Waals surface area contributed by atoms with Crippen molar-refractivity contribution < 1.29 is 10.2 Å². The fraction of sp³-hybridized carbons (Fsp3) is 0.625. The summed E-state index contributed by atoms with van der Waals surface area (Å²) in [5.74, 6) is 0. The van der Waals surface area contributed by atoms with Crippen LogP contribution in [0.3, 0.4) is 0 Å². The van der Waals surface area contributed by atoms with Crippen LogP contribution in [0.2, 0.25) is 0 Å². The van der Waals surface area contributed by atoms with E-state index < -0.39 is 5.60 Å². The maximum atomic E-state index is 9.19. The van der Waals surface area contributed by atoms with E-state index in [1.165, 1.54) is 0 Å². The lowest BCUT2D eigenvalue weighted by Gasteiger charge is -2.13. The van der Waals surface area contributed by atoms with Crippen LogP contribution in [0, 0.1) is 6.92 Å². The van der Waals surface area contributed by atoms with Gasteiger partial charge in [-0.05, 0) is 19.8 Å². The van der Waals surface area contributed by atoms with Gasteiger partial charge in [0.05, 0.1) is 6.61 Å². The zero-order valence-corrected chi connectivity index (χ0v) is 6.38. The Morgan fingerprint density at radius 3 is 2.60 bits per heavy atom. The Hall–Kier alpha value is -0.340. The van der Waals surface area contributed by atoms with Gasteiger partial charge in [-0.25, -0.2) is 0 Å². The normalized spacial score (nSPS) is 17.6. The third-order valence-corrected chi connectivity index (χ3v) is 1.17. The molecule has 59 valence electrons. The Morgan fingerprint density at radius 1 is 1.60 bits per heavy atom. The fourth-order valence-corrected chi connectivity index (χ4v) is 0.508. The molecule has 0 saturated heterocycles. The van der Waals surface area contributed by atoms with E-state index in [2.05, 4.69) is 6.92 Å². The highest BCUT2D eigenvalue weighted by molar-refractivity contribution is 4.97. The molecule has 0 aliphatic rings. The van der Waals surface area contributed by atoms with Crippen LogP contribution in [0.5, 0.6) is 0 Å². The number of aliphatic hydroxyl groups is 2. The van der Waals surface area contributed by atoms with Gasteiger partial charge in [0.25, 0.3) is 0 Å². The maximum absolute atomic E-state index is 9.19. The van der Waals surface area contributed by atoms with E-state index in [4.69, 9.17) is 5.11 Å². The summed E-state index contributed by atoms with van der Waals surface area (Å²) in [5.41, 5.74) is -1.06. The highest BCUT2D eigenvalue weighted by Crippen LogP contribution is 2.04. The van der Waals surface area contributed by atoms with E-state index in [0.717, 1.165) is 12.8 Å². The standard InChI is InChI=1S/C8H15O2/c1-3-4-5-6-8(2,10)7-9/h5-6,9-10H,1,3-4,7H2,2H3. The minimum Gasteiger partial charge on any atom is -0.393 e. The lowest BCUT2D eigenvalue weighted by Crippen LogP contribution is -2.25. The number of hydrogen-bond acceptors (Lipinski definition) is 2. The summed E-state index contributed by atoms with van der Waals surface area (Å²) in [4.78, 5) is 0. The van der Waals surface area contributed by atoms with Crippen LogP contribution in [-0.2, 0) is 0 Å². The first-order chi connectivity index (χ1) is 4.62. The molecule has 1 unspecified atom stereocenters. The average Bonchev–Trinajstić information content (AvgIpc) is 1.89. The molecule has 0 aromatic carbocycles. The largest absolute Gasteiger partial charge is 0.393 e. The van der Waals surface area contributed by atoms with Gasteiger partial charge in [0.2, 0.25) is 0 Å². The van der Waals surface area contributed by atoms with Gasteiger partial charge in [-0.3, -0.25) is 0 Å². The van der Waals surface area contributed by atoms with Crippen molar-refractivity contribution in [3.8, 4) is 0 Å². The Morgan fingerprint density at radius 2 is 2.20 bits per heavy atom. The molecule has 1 radical (unpaired) electrons. The van der Waals surface area contributed by atoms with Gasteiger partial charge in [0, 0.05) is 0 Å². The number of hydrogen-bond donors (Lipinski definition) is 2. The highest BCUT2D eigenvalue weighted by atomic mass is 16.3. The predicted molar refractivity (Wildman–Crippen MR) is 41.4 cm³/mol.